The van der Waals surface area contributed by atoms with Gasteiger partial charge in [0, 0.05) is 32.5 Å². The summed E-state index contributed by atoms with van der Waals surface area (Å²) >= 11 is 0. The maximum Gasteiger partial charge on any atom is 0.236 e. The molecule has 1 aliphatic heterocycles. The summed E-state index contributed by atoms with van der Waals surface area (Å²) in [6.45, 7) is 3.47. The number of nitrogens with zero attached hydrogens (tertiary/aromatic N) is 7. The standard InChI is InChI=1S/C15H19N7O/c1-11-4-7-21(13(23)3-5-16)9-12(11)20(2)14-15-17-6-8-22(15)19-10-18-14/h6,8,10-12H,3-4,7,9H2,1-2H3. The van der Waals surface area contributed by atoms with Crippen LogP contribution in [0, 0.1) is 17.2 Å². The van der Waals surface area contributed by atoms with Gasteiger partial charge in [0.1, 0.15) is 12.7 Å². The summed E-state index contributed by atoms with van der Waals surface area (Å²) < 4.78 is 1.69. The monoisotopic (exact) mass is 313 g/mol. The number of nitriles is 1. The molecule has 1 saturated heterocycles. The Labute approximate surface area is 134 Å². The molecule has 0 N–H and O–H groups in total. The lowest BCUT2D eigenvalue weighted by atomic mass is 9.92. The molecule has 2 unspecified atom stereocenters. The van der Waals surface area contributed by atoms with Crippen LogP contribution < -0.4 is 4.90 Å². The van der Waals surface area contributed by atoms with Crippen molar-refractivity contribution >= 4 is 17.4 Å². The van der Waals surface area contributed by atoms with Gasteiger partial charge in [0.2, 0.25) is 5.91 Å². The highest BCUT2D eigenvalue weighted by molar-refractivity contribution is 5.78. The van der Waals surface area contributed by atoms with Crippen molar-refractivity contribution in [2.24, 2.45) is 5.92 Å². The van der Waals surface area contributed by atoms with E-state index >= 15 is 0 Å². The Morgan fingerprint density at radius 1 is 1.52 bits per heavy atom. The highest BCUT2D eigenvalue weighted by atomic mass is 16.2. The van der Waals surface area contributed by atoms with Crippen LogP contribution in [-0.4, -0.2) is 56.6 Å². The minimum absolute atomic E-state index is 0.0666. The first-order chi connectivity index (χ1) is 11.1. The van der Waals surface area contributed by atoms with Crippen molar-refractivity contribution in [3.05, 3.63) is 18.7 Å². The third-order valence-electron chi connectivity index (χ3n) is 4.51. The Bertz CT molecular complexity index is 750. The SMILES string of the molecule is CC1CCN(C(=O)CC#N)CC1N(C)c1ncnn2ccnc12. The van der Waals surface area contributed by atoms with Gasteiger partial charge in [-0.25, -0.2) is 14.5 Å². The molecule has 8 heteroatoms. The molecular formula is C15H19N7O. The Balaban J connectivity index is 1.85. The number of fused-ring (bicyclic) bond motifs is 1. The molecule has 0 spiro atoms. The Kier molecular flexibility index (Phi) is 4.10. The number of rotatable bonds is 3. The van der Waals surface area contributed by atoms with Gasteiger partial charge in [-0.3, -0.25) is 4.79 Å². The normalized spacial score (nSPS) is 21.2. The van der Waals surface area contributed by atoms with Gasteiger partial charge in [0.25, 0.3) is 0 Å². The largest absolute Gasteiger partial charge is 0.351 e. The van der Waals surface area contributed by atoms with Crippen LogP contribution in [0.25, 0.3) is 5.65 Å². The first-order valence-corrected chi connectivity index (χ1v) is 7.63. The molecule has 1 amide bonds. The smallest absolute Gasteiger partial charge is 0.236 e. The zero-order valence-corrected chi connectivity index (χ0v) is 13.3. The first kappa shape index (κ1) is 15.2. The number of amides is 1. The average molecular weight is 313 g/mol. The fourth-order valence-corrected chi connectivity index (χ4v) is 3.11. The van der Waals surface area contributed by atoms with Crippen molar-refractivity contribution in [1.82, 2.24) is 24.5 Å². The minimum atomic E-state index is -0.105. The zero-order valence-electron chi connectivity index (χ0n) is 13.3. The van der Waals surface area contributed by atoms with E-state index in [9.17, 15) is 4.79 Å². The molecule has 3 rings (SSSR count). The highest BCUT2D eigenvalue weighted by Gasteiger charge is 2.32. The van der Waals surface area contributed by atoms with E-state index in [-0.39, 0.29) is 18.4 Å². The molecule has 1 aliphatic rings. The van der Waals surface area contributed by atoms with Crippen molar-refractivity contribution in [1.29, 1.82) is 5.26 Å². The summed E-state index contributed by atoms with van der Waals surface area (Å²) in [5.41, 5.74) is 0.697. The van der Waals surface area contributed by atoms with Crippen LogP contribution in [-0.2, 0) is 4.79 Å². The molecule has 23 heavy (non-hydrogen) atoms. The van der Waals surface area contributed by atoms with E-state index in [2.05, 4.69) is 26.9 Å². The van der Waals surface area contributed by atoms with Crippen molar-refractivity contribution in [2.45, 2.75) is 25.8 Å². The molecule has 0 aromatic carbocycles. The van der Waals surface area contributed by atoms with Gasteiger partial charge < -0.3 is 9.80 Å². The quantitative estimate of drug-likeness (QED) is 0.829. The molecule has 0 saturated carbocycles. The van der Waals surface area contributed by atoms with Crippen LogP contribution >= 0.6 is 0 Å². The maximum atomic E-state index is 12.0. The topological polar surface area (TPSA) is 90.4 Å². The molecule has 3 heterocycles. The third-order valence-corrected chi connectivity index (χ3v) is 4.51. The summed E-state index contributed by atoms with van der Waals surface area (Å²) in [6.07, 6.45) is 5.81. The number of hydrogen-bond donors (Lipinski definition) is 0. The average Bonchev–Trinajstić information content (AvgIpc) is 3.03. The number of carbonyl (C=O) groups excluding carboxylic acids is 1. The lowest BCUT2D eigenvalue weighted by Crippen LogP contribution is -2.52. The number of piperidine rings is 1. The molecule has 2 atom stereocenters. The maximum absolute atomic E-state index is 12.0. The van der Waals surface area contributed by atoms with Crippen LogP contribution in [0.15, 0.2) is 18.7 Å². The number of likely N-dealkylation sites (tertiary alicyclic amines) is 1. The van der Waals surface area contributed by atoms with Gasteiger partial charge in [-0.05, 0) is 12.3 Å². The van der Waals surface area contributed by atoms with Crippen LogP contribution in [0.5, 0.6) is 0 Å². The second-order valence-electron chi connectivity index (χ2n) is 5.90. The Morgan fingerprint density at radius 3 is 3.13 bits per heavy atom. The van der Waals surface area contributed by atoms with E-state index < -0.39 is 0 Å². The molecule has 0 radical (unpaired) electrons. The fourth-order valence-electron chi connectivity index (χ4n) is 3.11. The van der Waals surface area contributed by atoms with Gasteiger partial charge in [-0.15, -0.1) is 0 Å². The molecule has 2 aromatic rings. The summed E-state index contributed by atoms with van der Waals surface area (Å²) in [5.74, 6) is 1.05. The van der Waals surface area contributed by atoms with Gasteiger partial charge in [0.15, 0.2) is 11.5 Å². The van der Waals surface area contributed by atoms with Crippen LogP contribution in [0.2, 0.25) is 0 Å². The minimum Gasteiger partial charge on any atom is -0.351 e. The lowest BCUT2D eigenvalue weighted by molar-refractivity contribution is -0.131. The zero-order chi connectivity index (χ0) is 16.4. The number of imidazole rings is 1. The van der Waals surface area contributed by atoms with Crippen molar-refractivity contribution < 1.29 is 4.79 Å². The second-order valence-corrected chi connectivity index (χ2v) is 5.90. The number of carbonyl (C=O) groups is 1. The molecule has 2 aromatic heterocycles. The predicted molar refractivity (Wildman–Crippen MR) is 83.6 cm³/mol. The highest BCUT2D eigenvalue weighted by Crippen LogP contribution is 2.26. The van der Waals surface area contributed by atoms with Crippen molar-refractivity contribution in [3.8, 4) is 6.07 Å². The molecule has 0 aliphatic carbocycles. The van der Waals surface area contributed by atoms with Gasteiger partial charge >= 0.3 is 0 Å². The summed E-state index contributed by atoms with van der Waals surface area (Å²) in [4.78, 5) is 24.6. The Morgan fingerprint density at radius 2 is 2.35 bits per heavy atom. The van der Waals surface area contributed by atoms with Crippen molar-refractivity contribution in [2.75, 3.05) is 25.0 Å². The van der Waals surface area contributed by atoms with E-state index in [0.717, 1.165) is 12.2 Å². The summed E-state index contributed by atoms with van der Waals surface area (Å²) in [7, 11) is 1.97. The number of hydrogen-bond acceptors (Lipinski definition) is 6. The van der Waals surface area contributed by atoms with Gasteiger partial charge in [-0.2, -0.15) is 10.4 Å². The van der Waals surface area contributed by atoms with E-state index in [1.807, 2.05) is 13.1 Å². The fraction of sp³-hybridized carbons (Fsp3) is 0.533. The summed E-state index contributed by atoms with van der Waals surface area (Å²) in [6, 6.07) is 2.06. The molecular weight excluding hydrogens is 294 g/mol. The van der Waals surface area contributed by atoms with E-state index in [4.69, 9.17) is 5.26 Å². The van der Waals surface area contributed by atoms with E-state index in [0.29, 0.717) is 24.7 Å². The molecule has 0 bridgehead atoms. The van der Waals surface area contributed by atoms with Gasteiger partial charge in [0.05, 0.1) is 12.1 Å². The second kappa shape index (κ2) is 6.20. The van der Waals surface area contributed by atoms with Crippen LogP contribution in [0.4, 0.5) is 5.82 Å². The molecule has 1 fully saturated rings. The van der Waals surface area contributed by atoms with Crippen molar-refractivity contribution in [3.63, 3.8) is 0 Å². The predicted octanol–water partition coefficient (Wildman–Crippen LogP) is 0.711. The molecule has 120 valence electrons. The van der Waals surface area contributed by atoms with Gasteiger partial charge in [-0.1, -0.05) is 6.92 Å². The number of likely N-dealkylation sites (N-methyl/N-ethyl adjacent to an activating group) is 1. The lowest BCUT2D eigenvalue weighted by Gasteiger charge is -2.41. The number of aromatic nitrogens is 4. The van der Waals surface area contributed by atoms with Crippen LogP contribution in [0.3, 0.4) is 0 Å². The number of anilines is 1. The third kappa shape index (κ3) is 2.82. The Hall–Kier alpha value is -2.69. The van der Waals surface area contributed by atoms with Crippen LogP contribution in [0.1, 0.15) is 19.8 Å². The first-order valence-electron chi connectivity index (χ1n) is 7.63. The summed E-state index contributed by atoms with van der Waals surface area (Å²) in [5, 5.41) is 12.9. The molecule has 8 nitrogen and oxygen atoms in total. The van der Waals surface area contributed by atoms with E-state index in [1.54, 1.807) is 21.8 Å². The van der Waals surface area contributed by atoms with E-state index in [1.165, 1.54) is 6.33 Å².